The van der Waals surface area contributed by atoms with Gasteiger partial charge in [-0.3, -0.25) is 0 Å². The Morgan fingerprint density at radius 3 is 2.62 bits per heavy atom. The maximum absolute atomic E-state index is 12.1. The Morgan fingerprint density at radius 1 is 1.38 bits per heavy atom. The number of hydrogen-bond acceptors (Lipinski definition) is 2. The number of benzene rings is 1. The van der Waals surface area contributed by atoms with Crippen molar-refractivity contribution >= 4 is 33.5 Å². The van der Waals surface area contributed by atoms with E-state index >= 15 is 0 Å². The number of hydrogen-bond donors (Lipinski definition) is 0. The zero-order valence-electron chi connectivity index (χ0n) is 12.6. The van der Waals surface area contributed by atoms with Crippen molar-refractivity contribution in [3.8, 4) is 0 Å². The Labute approximate surface area is 140 Å². The Hall–Kier alpha value is -0.540. The molecule has 2 nitrogen and oxygen atoms in total. The highest BCUT2D eigenvalue weighted by Crippen LogP contribution is 2.57. The lowest BCUT2D eigenvalue weighted by Crippen LogP contribution is -2.42. The van der Waals surface area contributed by atoms with Crippen molar-refractivity contribution < 1.29 is 9.53 Å². The molecule has 0 aliphatic heterocycles. The minimum absolute atomic E-state index is 0.0412. The van der Waals surface area contributed by atoms with Gasteiger partial charge in [-0.25, -0.2) is 4.79 Å². The zero-order chi connectivity index (χ0) is 15.5. The van der Waals surface area contributed by atoms with Crippen molar-refractivity contribution in [3.63, 3.8) is 0 Å². The second-order valence-corrected chi connectivity index (χ2v) is 7.31. The molecule has 0 N–H and O–H groups in total. The lowest BCUT2D eigenvalue weighted by molar-refractivity contribution is -0.000852. The summed E-state index contributed by atoms with van der Waals surface area (Å²) in [5, 5.41) is 0.872. The first kappa shape index (κ1) is 16.8. The summed E-state index contributed by atoms with van der Waals surface area (Å²) in [5.41, 5.74) is 0.611. The lowest BCUT2D eigenvalue weighted by atomic mass is 9.66. The van der Waals surface area contributed by atoms with Crippen LogP contribution in [0.3, 0.4) is 0 Å². The van der Waals surface area contributed by atoms with Crippen molar-refractivity contribution in [2.24, 2.45) is 16.7 Å². The number of halogens is 2. The Balaban J connectivity index is 2.06. The van der Waals surface area contributed by atoms with Crippen LogP contribution in [0.2, 0.25) is 0 Å². The fraction of sp³-hybridized carbons (Fsp3) is 0.588. The predicted molar refractivity (Wildman–Crippen MR) is 90.2 cm³/mol. The molecule has 0 amide bonds. The molecule has 1 aromatic rings. The van der Waals surface area contributed by atoms with E-state index in [0.717, 1.165) is 18.2 Å². The van der Waals surface area contributed by atoms with Gasteiger partial charge >= 0.3 is 5.97 Å². The number of alkyl halides is 2. The van der Waals surface area contributed by atoms with Crippen LogP contribution >= 0.6 is 27.5 Å². The third-order valence-corrected chi connectivity index (χ3v) is 6.86. The summed E-state index contributed by atoms with van der Waals surface area (Å²) in [6.45, 7) is 4.90. The van der Waals surface area contributed by atoms with Crippen LogP contribution in [-0.2, 0) is 4.74 Å². The van der Waals surface area contributed by atoms with Crippen LogP contribution in [0.15, 0.2) is 30.3 Å². The van der Waals surface area contributed by atoms with Crippen LogP contribution in [0, 0.1) is 16.7 Å². The van der Waals surface area contributed by atoms with E-state index in [1.165, 1.54) is 0 Å². The van der Waals surface area contributed by atoms with Crippen LogP contribution < -0.4 is 0 Å². The van der Waals surface area contributed by atoms with E-state index in [4.69, 9.17) is 16.3 Å². The fourth-order valence-electron chi connectivity index (χ4n) is 3.23. The molecule has 1 aliphatic rings. The summed E-state index contributed by atoms with van der Waals surface area (Å²) in [4.78, 5) is 12.1. The van der Waals surface area contributed by atoms with E-state index in [9.17, 15) is 4.79 Å². The third kappa shape index (κ3) is 3.14. The molecule has 2 rings (SSSR count). The number of carbonyl (C=O) groups excluding carboxylic acids is 1. The van der Waals surface area contributed by atoms with Crippen molar-refractivity contribution in [1.29, 1.82) is 0 Å². The highest BCUT2D eigenvalue weighted by Gasteiger charge is 2.54. The van der Waals surface area contributed by atoms with Gasteiger partial charge in [0.25, 0.3) is 0 Å². The summed E-state index contributed by atoms with van der Waals surface area (Å²) in [7, 11) is 0. The first-order valence-corrected chi connectivity index (χ1v) is 8.96. The second kappa shape index (κ2) is 6.70. The molecule has 116 valence electrons. The smallest absolute Gasteiger partial charge is 0.338 e. The molecule has 0 saturated heterocycles. The van der Waals surface area contributed by atoms with Crippen molar-refractivity contribution in [2.45, 2.75) is 26.7 Å². The second-order valence-electron chi connectivity index (χ2n) is 6.44. The number of esters is 1. The van der Waals surface area contributed by atoms with Crippen LogP contribution in [0.5, 0.6) is 0 Å². The highest BCUT2D eigenvalue weighted by molar-refractivity contribution is 9.09. The minimum atomic E-state index is -0.247. The largest absolute Gasteiger partial charge is 0.461 e. The number of ether oxygens (including phenoxy) is 1. The molecule has 0 bridgehead atoms. The lowest BCUT2D eigenvalue weighted by Gasteiger charge is -2.42. The van der Waals surface area contributed by atoms with E-state index in [-0.39, 0.29) is 16.8 Å². The van der Waals surface area contributed by atoms with Crippen LogP contribution in [-0.4, -0.2) is 23.8 Å². The first-order chi connectivity index (χ1) is 9.97. The number of carbonyl (C=O) groups is 1. The molecule has 1 fully saturated rings. The molecule has 1 aromatic carbocycles. The third-order valence-electron chi connectivity index (χ3n) is 5.32. The average molecular weight is 374 g/mol. The SMILES string of the molecule is CC1(COC(=O)c2ccccc2)CCC(CCl)C1(C)CBr. The summed E-state index contributed by atoms with van der Waals surface area (Å²) in [6, 6.07) is 9.15. The molecular formula is C17H22BrClO2. The van der Waals surface area contributed by atoms with E-state index in [0.29, 0.717) is 24.0 Å². The normalized spacial score (nSPS) is 32.1. The maximum atomic E-state index is 12.1. The van der Waals surface area contributed by atoms with Gasteiger partial charge < -0.3 is 4.74 Å². The standard InChI is InChI=1S/C17H22BrClO2/c1-16(9-8-14(10-19)17(16,2)11-18)12-21-15(20)13-6-4-3-5-7-13/h3-7,14H,8-12H2,1-2H3. The van der Waals surface area contributed by atoms with Gasteiger partial charge in [0.15, 0.2) is 0 Å². The van der Waals surface area contributed by atoms with E-state index in [1.807, 2.05) is 18.2 Å². The fourth-order valence-corrected chi connectivity index (χ4v) is 4.86. The molecule has 0 heterocycles. The summed E-state index contributed by atoms with van der Waals surface area (Å²) >= 11 is 9.77. The molecule has 1 saturated carbocycles. The summed E-state index contributed by atoms with van der Waals surface area (Å²) < 4.78 is 5.60. The predicted octanol–water partition coefficient (Wildman–Crippen LogP) is 4.90. The topological polar surface area (TPSA) is 26.3 Å². The quantitative estimate of drug-likeness (QED) is 0.542. The van der Waals surface area contributed by atoms with Crippen molar-refractivity contribution in [1.82, 2.24) is 0 Å². The van der Waals surface area contributed by atoms with Gasteiger partial charge in [-0.1, -0.05) is 48.0 Å². The van der Waals surface area contributed by atoms with Crippen molar-refractivity contribution in [2.75, 3.05) is 17.8 Å². The highest BCUT2D eigenvalue weighted by atomic mass is 79.9. The van der Waals surface area contributed by atoms with Gasteiger partial charge in [0.05, 0.1) is 12.2 Å². The molecule has 3 atom stereocenters. The van der Waals surface area contributed by atoms with Crippen LogP contribution in [0.25, 0.3) is 0 Å². The number of rotatable bonds is 5. The van der Waals surface area contributed by atoms with Gasteiger partial charge in [-0.05, 0) is 36.3 Å². The summed E-state index contributed by atoms with van der Waals surface area (Å²) in [5.74, 6) is 0.867. The maximum Gasteiger partial charge on any atom is 0.338 e. The molecular weight excluding hydrogens is 352 g/mol. The molecule has 0 spiro atoms. The van der Waals surface area contributed by atoms with Gasteiger partial charge in [0, 0.05) is 16.6 Å². The van der Waals surface area contributed by atoms with E-state index < -0.39 is 0 Å². The Bertz CT molecular complexity index is 493. The van der Waals surface area contributed by atoms with Gasteiger partial charge in [-0.2, -0.15) is 0 Å². The van der Waals surface area contributed by atoms with Gasteiger partial charge in [-0.15, -0.1) is 11.6 Å². The Morgan fingerprint density at radius 2 is 2.05 bits per heavy atom. The van der Waals surface area contributed by atoms with Crippen molar-refractivity contribution in [3.05, 3.63) is 35.9 Å². The molecule has 0 radical (unpaired) electrons. The van der Waals surface area contributed by atoms with E-state index in [2.05, 4.69) is 29.8 Å². The minimum Gasteiger partial charge on any atom is -0.461 e. The first-order valence-electron chi connectivity index (χ1n) is 7.31. The molecule has 1 aliphatic carbocycles. The van der Waals surface area contributed by atoms with Crippen LogP contribution in [0.1, 0.15) is 37.0 Å². The van der Waals surface area contributed by atoms with Crippen LogP contribution in [0.4, 0.5) is 0 Å². The Kier molecular flexibility index (Phi) is 5.37. The molecule has 3 unspecified atom stereocenters. The molecule has 4 heteroatoms. The summed E-state index contributed by atoms with van der Waals surface area (Å²) in [6.07, 6.45) is 2.12. The van der Waals surface area contributed by atoms with E-state index in [1.54, 1.807) is 12.1 Å². The zero-order valence-corrected chi connectivity index (χ0v) is 14.9. The molecule has 21 heavy (non-hydrogen) atoms. The van der Waals surface area contributed by atoms with Gasteiger partial charge in [0.1, 0.15) is 0 Å². The molecule has 0 aromatic heterocycles. The average Bonchev–Trinajstić information content (AvgIpc) is 2.78. The monoisotopic (exact) mass is 372 g/mol. The van der Waals surface area contributed by atoms with Gasteiger partial charge in [0.2, 0.25) is 0 Å².